The van der Waals surface area contributed by atoms with Crippen molar-refractivity contribution in [3.63, 3.8) is 0 Å². The molecule has 0 aromatic rings. The summed E-state index contributed by atoms with van der Waals surface area (Å²) in [6.07, 6.45) is 14.1. The largest absolute Gasteiger partial charge is 0.462 e. The zero-order chi connectivity index (χ0) is 27.0. The number of hydrogen-bond acceptors (Lipinski definition) is 5. The van der Waals surface area contributed by atoms with Crippen LogP contribution in [0, 0.1) is 34.5 Å². The van der Waals surface area contributed by atoms with Crippen molar-refractivity contribution in [2.75, 3.05) is 0 Å². The first-order valence-corrected chi connectivity index (χ1v) is 14.0. The van der Waals surface area contributed by atoms with E-state index in [2.05, 4.69) is 37.5 Å². The molecule has 0 aromatic carbocycles. The Hall–Kier alpha value is -2.32. The number of carbonyl (C=O) groups excluding carboxylic acids is 2. The van der Waals surface area contributed by atoms with Gasteiger partial charge < -0.3 is 14.6 Å². The second-order valence-corrected chi connectivity index (χ2v) is 12.7. The van der Waals surface area contributed by atoms with E-state index in [9.17, 15) is 14.7 Å². The third-order valence-electron chi connectivity index (χ3n) is 9.30. The van der Waals surface area contributed by atoms with Crippen molar-refractivity contribution >= 4 is 11.9 Å². The van der Waals surface area contributed by atoms with E-state index in [0.717, 1.165) is 24.0 Å². The van der Waals surface area contributed by atoms with Crippen LogP contribution in [0.15, 0.2) is 35.5 Å². The lowest BCUT2D eigenvalue weighted by atomic mass is 9.59. The molecule has 4 rings (SSSR count). The Balaban J connectivity index is 1.54. The minimum atomic E-state index is -0.932. The van der Waals surface area contributed by atoms with Crippen molar-refractivity contribution in [1.82, 2.24) is 0 Å². The van der Waals surface area contributed by atoms with Crippen molar-refractivity contribution in [3.05, 3.63) is 35.5 Å². The zero-order valence-electron chi connectivity index (χ0n) is 23.3. The van der Waals surface area contributed by atoms with E-state index in [1.165, 1.54) is 57.9 Å². The first kappa shape index (κ1) is 27.7. The smallest absolute Gasteiger partial charge is 0.303 e. The first-order valence-electron chi connectivity index (χ1n) is 14.0. The van der Waals surface area contributed by atoms with Gasteiger partial charge >= 0.3 is 11.9 Å². The summed E-state index contributed by atoms with van der Waals surface area (Å²) in [5.41, 5.74) is 2.97. The molecule has 0 bridgehead atoms. The lowest BCUT2D eigenvalue weighted by molar-refractivity contribution is -0.152. The fourth-order valence-corrected chi connectivity index (χ4v) is 7.57. The lowest BCUT2D eigenvalue weighted by Gasteiger charge is -2.45. The Labute approximate surface area is 222 Å². The van der Waals surface area contributed by atoms with E-state index >= 15 is 0 Å². The quantitative estimate of drug-likeness (QED) is 0.353. The van der Waals surface area contributed by atoms with Gasteiger partial charge in [0, 0.05) is 33.1 Å². The van der Waals surface area contributed by atoms with Crippen LogP contribution in [0.5, 0.6) is 0 Å². The lowest BCUT2D eigenvalue weighted by Crippen LogP contribution is -2.37. The molecule has 4 fully saturated rings. The number of carbonyl (C=O) groups is 2. The summed E-state index contributed by atoms with van der Waals surface area (Å²) in [7, 11) is 0. The van der Waals surface area contributed by atoms with Crippen LogP contribution >= 0.6 is 0 Å². The summed E-state index contributed by atoms with van der Waals surface area (Å²) in [4.78, 5) is 23.3. The van der Waals surface area contributed by atoms with Gasteiger partial charge in [0.15, 0.2) is 0 Å². The predicted molar refractivity (Wildman–Crippen MR) is 144 cm³/mol. The molecule has 5 nitrogen and oxygen atoms in total. The van der Waals surface area contributed by atoms with Gasteiger partial charge in [0.2, 0.25) is 0 Å². The van der Waals surface area contributed by atoms with E-state index in [1.54, 1.807) is 13.8 Å². The topological polar surface area (TPSA) is 72.8 Å². The number of allylic oxidation sites excluding steroid dienone is 3. The van der Waals surface area contributed by atoms with E-state index in [-0.39, 0.29) is 23.5 Å². The van der Waals surface area contributed by atoms with Gasteiger partial charge in [-0.15, -0.1) is 0 Å². The molecule has 4 saturated carbocycles. The van der Waals surface area contributed by atoms with Crippen LogP contribution in [0.3, 0.4) is 0 Å². The number of ether oxygens (including phenoxy) is 2. The minimum Gasteiger partial charge on any atom is -0.462 e. The van der Waals surface area contributed by atoms with Gasteiger partial charge in [0.25, 0.3) is 0 Å². The SMILES string of the molecule is C=C1/C(=C\C=C2/CCC[C@@]3(C)C2CC[C@@H]3C2(CC#CC(C)(C)O)CC2)C[C@@H](OC(C)=O)C[C@@H]1OC(C)=O. The molecule has 202 valence electrons. The van der Waals surface area contributed by atoms with Crippen molar-refractivity contribution in [2.45, 2.75) is 117 Å². The number of aliphatic hydroxyl groups is 1. The molecule has 0 amide bonds. The second kappa shape index (κ2) is 10.4. The van der Waals surface area contributed by atoms with Crippen LogP contribution in [0.4, 0.5) is 0 Å². The van der Waals surface area contributed by atoms with Gasteiger partial charge in [-0.2, -0.15) is 0 Å². The number of hydrogen-bond donors (Lipinski definition) is 1. The van der Waals surface area contributed by atoms with E-state index in [0.29, 0.717) is 30.1 Å². The van der Waals surface area contributed by atoms with E-state index in [4.69, 9.17) is 9.47 Å². The summed E-state index contributed by atoms with van der Waals surface area (Å²) in [6, 6.07) is 0. The van der Waals surface area contributed by atoms with Gasteiger partial charge in [-0.3, -0.25) is 9.59 Å². The number of esters is 2. The molecule has 37 heavy (non-hydrogen) atoms. The summed E-state index contributed by atoms with van der Waals surface area (Å²) >= 11 is 0. The second-order valence-electron chi connectivity index (χ2n) is 12.7. The van der Waals surface area contributed by atoms with Crippen LogP contribution in [0.1, 0.15) is 98.8 Å². The average Bonchev–Trinajstić information content (AvgIpc) is 3.45. The molecule has 4 aliphatic carbocycles. The van der Waals surface area contributed by atoms with E-state index in [1.807, 2.05) is 0 Å². The van der Waals surface area contributed by atoms with Crippen molar-refractivity contribution < 1.29 is 24.2 Å². The molecule has 1 unspecified atom stereocenters. The highest BCUT2D eigenvalue weighted by Crippen LogP contribution is 2.69. The highest BCUT2D eigenvalue weighted by atomic mass is 16.6. The van der Waals surface area contributed by atoms with Crippen LogP contribution < -0.4 is 0 Å². The van der Waals surface area contributed by atoms with Gasteiger partial charge in [-0.25, -0.2) is 0 Å². The van der Waals surface area contributed by atoms with Crippen LogP contribution in [0.2, 0.25) is 0 Å². The van der Waals surface area contributed by atoms with Gasteiger partial charge in [0.1, 0.15) is 17.8 Å². The molecule has 0 radical (unpaired) electrons. The summed E-state index contributed by atoms with van der Waals surface area (Å²) in [6.45, 7) is 13.1. The molecule has 0 heterocycles. The van der Waals surface area contributed by atoms with Crippen molar-refractivity contribution in [2.24, 2.45) is 22.7 Å². The summed E-state index contributed by atoms with van der Waals surface area (Å²) < 4.78 is 11.0. The maximum absolute atomic E-state index is 11.7. The van der Waals surface area contributed by atoms with Gasteiger partial charge in [0.05, 0.1) is 0 Å². The Morgan fingerprint density at radius 2 is 1.84 bits per heavy atom. The summed E-state index contributed by atoms with van der Waals surface area (Å²) in [5.74, 6) is 6.93. The molecule has 0 aliphatic heterocycles. The molecular formula is C32H44O5. The van der Waals surface area contributed by atoms with Crippen LogP contribution in [0.25, 0.3) is 0 Å². The number of rotatable bonds is 5. The molecule has 5 heteroatoms. The molecule has 0 aromatic heterocycles. The average molecular weight is 509 g/mol. The molecule has 4 aliphatic rings. The third kappa shape index (κ3) is 6.23. The normalized spacial score (nSPS) is 34.9. The van der Waals surface area contributed by atoms with Crippen molar-refractivity contribution in [1.29, 1.82) is 0 Å². The molecule has 5 atom stereocenters. The maximum atomic E-state index is 11.7. The monoisotopic (exact) mass is 508 g/mol. The van der Waals surface area contributed by atoms with Crippen molar-refractivity contribution in [3.8, 4) is 11.8 Å². The fourth-order valence-electron chi connectivity index (χ4n) is 7.57. The first-order chi connectivity index (χ1) is 17.3. The van der Waals surface area contributed by atoms with Gasteiger partial charge in [-0.1, -0.05) is 43.1 Å². The van der Waals surface area contributed by atoms with Crippen LogP contribution in [-0.2, 0) is 19.1 Å². The Bertz CT molecular complexity index is 1060. The number of fused-ring (bicyclic) bond motifs is 1. The zero-order valence-corrected chi connectivity index (χ0v) is 23.3. The summed E-state index contributed by atoms with van der Waals surface area (Å²) in [5, 5.41) is 10.0. The van der Waals surface area contributed by atoms with E-state index < -0.39 is 11.7 Å². The highest BCUT2D eigenvalue weighted by Gasteiger charge is 2.60. The third-order valence-corrected chi connectivity index (χ3v) is 9.30. The Morgan fingerprint density at radius 3 is 2.46 bits per heavy atom. The molecule has 0 spiro atoms. The maximum Gasteiger partial charge on any atom is 0.303 e. The van der Waals surface area contributed by atoms with Crippen LogP contribution in [-0.4, -0.2) is 34.9 Å². The molecule has 1 N–H and O–H groups in total. The minimum absolute atomic E-state index is 0.277. The molecular weight excluding hydrogens is 464 g/mol. The predicted octanol–water partition coefficient (Wildman–Crippen LogP) is 6.21. The highest BCUT2D eigenvalue weighted by molar-refractivity contribution is 5.67. The Morgan fingerprint density at radius 1 is 1.14 bits per heavy atom. The molecule has 0 saturated heterocycles. The van der Waals surface area contributed by atoms with Gasteiger partial charge in [-0.05, 0) is 92.6 Å². The standard InChI is InChI=1S/C32H44O5/c1-21-25(19-26(36-22(2)33)20-28(21)37-23(3)34)11-10-24-9-7-15-31(6)27(24)12-13-29(31)32(17-18-32)16-8-14-30(4,5)35/h10-11,26-29,35H,1,7,9,12-13,15-20H2,2-6H3/b24-10+,25-11-/t26-,27?,28+,29+,31+/m1/s1. The fraction of sp³-hybridized carbons (Fsp3) is 0.688. The Kier molecular flexibility index (Phi) is 7.82.